The quantitative estimate of drug-likeness (QED) is 0.799. The molecule has 0 spiro atoms. The normalized spacial score (nSPS) is 10.1. The second-order valence-electron chi connectivity index (χ2n) is 3.70. The van der Waals surface area contributed by atoms with Crippen molar-refractivity contribution in [2.75, 3.05) is 11.9 Å². The summed E-state index contributed by atoms with van der Waals surface area (Å²) in [5, 5.41) is 0. The molecule has 92 valence electrons. The molecule has 0 aliphatic rings. The zero-order valence-electron chi connectivity index (χ0n) is 9.64. The van der Waals surface area contributed by atoms with Crippen molar-refractivity contribution in [3.8, 4) is 0 Å². The minimum absolute atomic E-state index is 0.0462. The summed E-state index contributed by atoms with van der Waals surface area (Å²) in [6.45, 7) is 0. The van der Waals surface area contributed by atoms with E-state index in [0.717, 1.165) is 6.07 Å². The Labute approximate surface area is 102 Å². The van der Waals surface area contributed by atoms with Crippen molar-refractivity contribution in [2.24, 2.45) is 0 Å². The zero-order chi connectivity index (χ0) is 13.1. The Bertz CT molecular complexity index is 644. The number of amides is 1. The van der Waals surface area contributed by atoms with E-state index in [1.807, 2.05) is 11.1 Å². The molecule has 0 unspecified atom stereocenters. The lowest BCUT2D eigenvalue weighted by molar-refractivity contribution is 0.0987. The Hall–Kier alpha value is -2.63. The second-order valence-corrected chi connectivity index (χ2v) is 3.70. The van der Waals surface area contributed by atoms with Crippen LogP contribution in [0.1, 0.15) is 10.5 Å². The fourth-order valence-corrected chi connectivity index (χ4v) is 1.53. The van der Waals surface area contributed by atoms with Gasteiger partial charge in [0.2, 0.25) is 0 Å². The van der Waals surface area contributed by atoms with Crippen molar-refractivity contribution in [3.63, 3.8) is 0 Å². The molecule has 2 aromatic rings. The predicted octanol–water partition coefficient (Wildman–Crippen LogP) is 0.340. The summed E-state index contributed by atoms with van der Waals surface area (Å²) in [5.74, 6) is -0.454. The van der Waals surface area contributed by atoms with Crippen LogP contribution in [0.2, 0.25) is 0 Å². The molecule has 0 aliphatic heterocycles. The summed E-state index contributed by atoms with van der Waals surface area (Å²) in [6.07, 6.45) is 0. The molecule has 0 saturated carbocycles. The van der Waals surface area contributed by atoms with Gasteiger partial charge in [-0.3, -0.25) is 14.6 Å². The first kappa shape index (κ1) is 11.8. The fraction of sp³-hybridized carbons (Fsp3) is 0.0833. The molecule has 0 aliphatic carbocycles. The molecule has 6 heteroatoms. The third-order valence-electron chi connectivity index (χ3n) is 2.44. The maximum Gasteiger partial charge on any atom is 0.326 e. The van der Waals surface area contributed by atoms with E-state index < -0.39 is 17.2 Å². The zero-order valence-corrected chi connectivity index (χ0v) is 9.64. The SMILES string of the molecule is CN(C(=O)c1cc(=O)[nH]c(=O)[nH]1)c1ccccc1. The van der Waals surface area contributed by atoms with E-state index in [2.05, 4.69) is 4.98 Å². The topological polar surface area (TPSA) is 86.0 Å². The summed E-state index contributed by atoms with van der Waals surface area (Å²) in [6, 6.07) is 9.98. The number of nitrogens with zero attached hydrogens (tertiary/aromatic N) is 1. The Morgan fingerprint density at radius 1 is 1.11 bits per heavy atom. The largest absolute Gasteiger partial charge is 0.326 e. The summed E-state index contributed by atoms with van der Waals surface area (Å²) < 4.78 is 0. The van der Waals surface area contributed by atoms with E-state index in [1.165, 1.54) is 4.90 Å². The summed E-state index contributed by atoms with van der Waals surface area (Å²) >= 11 is 0. The number of hydrogen-bond acceptors (Lipinski definition) is 3. The molecule has 1 heterocycles. The monoisotopic (exact) mass is 245 g/mol. The molecule has 2 rings (SSSR count). The number of nitrogens with one attached hydrogen (secondary N) is 2. The van der Waals surface area contributed by atoms with Crippen LogP contribution in [-0.4, -0.2) is 22.9 Å². The van der Waals surface area contributed by atoms with Crippen LogP contribution in [-0.2, 0) is 0 Å². The molecular weight excluding hydrogens is 234 g/mol. The van der Waals surface area contributed by atoms with E-state index >= 15 is 0 Å². The van der Waals surface area contributed by atoms with Crippen LogP contribution >= 0.6 is 0 Å². The average Bonchev–Trinajstić information content (AvgIpc) is 2.37. The number of carbonyl (C=O) groups is 1. The third kappa shape index (κ3) is 2.37. The van der Waals surface area contributed by atoms with Gasteiger partial charge in [0.15, 0.2) is 0 Å². The van der Waals surface area contributed by atoms with Crippen molar-refractivity contribution in [3.05, 3.63) is 62.9 Å². The van der Waals surface area contributed by atoms with Crippen molar-refractivity contribution >= 4 is 11.6 Å². The molecule has 1 aromatic heterocycles. The summed E-state index contributed by atoms with van der Waals surface area (Å²) in [7, 11) is 1.57. The fourth-order valence-electron chi connectivity index (χ4n) is 1.53. The Balaban J connectivity index is 2.37. The van der Waals surface area contributed by atoms with Crippen LogP contribution in [0.15, 0.2) is 46.0 Å². The Morgan fingerprint density at radius 2 is 1.78 bits per heavy atom. The van der Waals surface area contributed by atoms with E-state index in [0.29, 0.717) is 5.69 Å². The molecule has 18 heavy (non-hydrogen) atoms. The second kappa shape index (κ2) is 4.70. The first-order valence-electron chi connectivity index (χ1n) is 5.24. The van der Waals surface area contributed by atoms with Crippen LogP contribution in [0.25, 0.3) is 0 Å². The van der Waals surface area contributed by atoms with Gasteiger partial charge in [-0.05, 0) is 12.1 Å². The number of benzene rings is 1. The van der Waals surface area contributed by atoms with Crippen LogP contribution in [0, 0.1) is 0 Å². The Kier molecular flexibility index (Phi) is 3.09. The van der Waals surface area contributed by atoms with Gasteiger partial charge in [0.25, 0.3) is 11.5 Å². The van der Waals surface area contributed by atoms with Gasteiger partial charge in [-0.25, -0.2) is 4.79 Å². The lowest BCUT2D eigenvalue weighted by Gasteiger charge is -2.16. The van der Waals surface area contributed by atoms with Gasteiger partial charge in [0.05, 0.1) is 0 Å². The van der Waals surface area contributed by atoms with Gasteiger partial charge in [-0.2, -0.15) is 0 Å². The van der Waals surface area contributed by atoms with Gasteiger partial charge < -0.3 is 9.88 Å². The average molecular weight is 245 g/mol. The molecule has 0 radical (unpaired) electrons. The van der Waals surface area contributed by atoms with Gasteiger partial charge in [-0.1, -0.05) is 18.2 Å². The highest BCUT2D eigenvalue weighted by atomic mass is 16.2. The molecule has 0 bridgehead atoms. The highest BCUT2D eigenvalue weighted by Gasteiger charge is 2.14. The number of para-hydroxylation sites is 1. The van der Waals surface area contributed by atoms with Crippen molar-refractivity contribution in [1.82, 2.24) is 9.97 Å². The molecule has 0 fully saturated rings. The minimum Gasteiger partial charge on any atom is -0.310 e. The van der Waals surface area contributed by atoms with E-state index in [-0.39, 0.29) is 5.69 Å². The first-order chi connectivity index (χ1) is 8.58. The van der Waals surface area contributed by atoms with Gasteiger partial charge in [0.1, 0.15) is 5.69 Å². The number of anilines is 1. The predicted molar refractivity (Wildman–Crippen MR) is 66.9 cm³/mol. The lowest BCUT2D eigenvalue weighted by Crippen LogP contribution is -2.32. The molecule has 0 atom stereocenters. The van der Waals surface area contributed by atoms with Crippen LogP contribution in [0.5, 0.6) is 0 Å². The molecular formula is C12H11N3O3. The molecule has 1 amide bonds. The van der Waals surface area contributed by atoms with Crippen LogP contribution in [0.4, 0.5) is 5.69 Å². The molecule has 6 nitrogen and oxygen atoms in total. The number of hydrogen-bond donors (Lipinski definition) is 2. The van der Waals surface area contributed by atoms with Crippen molar-refractivity contribution in [2.45, 2.75) is 0 Å². The molecule has 1 aromatic carbocycles. The molecule has 2 N–H and O–H groups in total. The van der Waals surface area contributed by atoms with E-state index in [4.69, 9.17) is 0 Å². The molecule has 0 saturated heterocycles. The Morgan fingerprint density at radius 3 is 2.39 bits per heavy atom. The lowest BCUT2D eigenvalue weighted by atomic mass is 10.2. The smallest absolute Gasteiger partial charge is 0.310 e. The maximum atomic E-state index is 12.1. The number of H-pyrrole nitrogens is 2. The first-order valence-corrected chi connectivity index (χ1v) is 5.24. The third-order valence-corrected chi connectivity index (χ3v) is 2.44. The van der Waals surface area contributed by atoms with Gasteiger partial charge in [0, 0.05) is 18.8 Å². The summed E-state index contributed by atoms with van der Waals surface area (Å²) in [4.78, 5) is 39.9. The van der Waals surface area contributed by atoms with Crippen molar-refractivity contribution < 1.29 is 4.79 Å². The minimum atomic E-state index is -0.702. The maximum absolute atomic E-state index is 12.1. The highest BCUT2D eigenvalue weighted by molar-refractivity contribution is 6.04. The van der Waals surface area contributed by atoms with E-state index in [1.54, 1.807) is 31.3 Å². The van der Waals surface area contributed by atoms with Crippen LogP contribution in [0.3, 0.4) is 0 Å². The number of aromatic amines is 2. The van der Waals surface area contributed by atoms with Crippen molar-refractivity contribution in [1.29, 1.82) is 0 Å². The highest BCUT2D eigenvalue weighted by Crippen LogP contribution is 2.12. The van der Waals surface area contributed by atoms with Crippen LogP contribution < -0.4 is 16.1 Å². The van der Waals surface area contributed by atoms with Gasteiger partial charge in [-0.15, -0.1) is 0 Å². The summed E-state index contributed by atoms with van der Waals surface area (Å²) in [5.41, 5.74) is -0.686. The number of carbonyl (C=O) groups excluding carboxylic acids is 1. The van der Waals surface area contributed by atoms with Gasteiger partial charge >= 0.3 is 5.69 Å². The van der Waals surface area contributed by atoms with E-state index in [9.17, 15) is 14.4 Å². The number of rotatable bonds is 2. The standard InChI is InChI=1S/C12H11N3O3/c1-15(8-5-3-2-4-6-8)11(17)9-7-10(16)14-12(18)13-9/h2-7H,1H3,(H2,13,14,16,18). The number of aromatic nitrogens is 2.